The summed E-state index contributed by atoms with van der Waals surface area (Å²) in [5, 5.41) is 1.86. The van der Waals surface area contributed by atoms with Gasteiger partial charge in [-0.2, -0.15) is 4.31 Å². The summed E-state index contributed by atoms with van der Waals surface area (Å²) in [6.45, 7) is 0.216. The highest BCUT2D eigenvalue weighted by Gasteiger charge is 2.42. The number of sulfonamides is 1. The van der Waals surface area contributed by atoms with Crippen LogP contribution >= 0.6 is 11.3 Å². The van der Waals surface area contributed by atoms with Gasteiger partial charge >= 0.3 is 5.97 Å². The molecule has 0 N–H and O–H groups in total. The minimum Gasteiger partial charge on any atom is -0.495 e. The first-order valence-electron chi connectivity index (χ1n) is 7.29. The third-order valence-electron chi connectivity index (χ3n) is 4.00. The van der Waals surface area contributed by atoms with Crippen molar-refractivity contribution in [2.45, 2.75) is 17.4 Å². The van der Waals surface area contributed by atoms with Crippen molar-refractivity contribution in [3.05, 3.63) is 46.2 Å². The van der Waals surface area contributed by atoms with Crippen LogP contribution in [0.4, 0.5) is 0 Å². The van der Waals surface area contributed by atoms with Crippen LogP contribution in [-0.2, 0) is 26.0 Å². The van der Waals surface area contributed by atoms with Gasteiger partial charge in [-0.1, -0.05) is 12.1 Å². The normalized spacial score (nSPS) is 18.0. The van der Waals surface area contributed by atoms with Gasteiger partial charge in [-0.15, -0.1) is 11.3 Å². The maximum Gasteiger partial charge on any atom is 0.328 e. The lowest BCUT2D eigenvalue weighted by Gasteiger charge is -2.33. The van der Waals surface area contributed by atoms with Crippen LogP contribution in [0.2, 0.25) is 0 Å². The molecule has 0 saturated carbocycles. The van der Waals surface area contributed by atoms with Gasteiger partial charge in [-0.3, -0.25) is 0 Å². The molecule has 0 radical (unpaired) electrons. The van der Waals surface area contributed by atoms with Crippen LogP contribution in [0.1, 0.15) is 16.5 Å². The number of carbonyl (C=O) groups excluding carboxylic acids is 1. The van der Waals surface area contributed by atoms with Crippen molar-refractivity contribution in [2.24, 2.45) is 0 Å². The van der Waals surface area contributed by atoms with Crippen molar-refractivity contribution in [3.63, 3.8) is 0 Å². The number of para-hydroxylation sites is 1. The molecule has 1 unspecified atom stereocenters. The quantitative estimate of drug-likeness (QED) is 0.775. The smallest absolute Gasteiger partial charge is 0.328 e. The van der Waals surface area contributed by atoms with Gasteiger partial charge in [0, 0.05) is 11.4 Å². The minimum absolute atomic E-state index is 0.0417. The molecule has 2 heterocycles. The number of esters is 1. The average Bonchev–Trinajstić information content (AvgIpc) is 3.08. The van der Waals surface area contributed by atoms with Crippen LogP contribution in [-0.4, -0.2) is 39.5 Å². The van der Waals surface area contributed by atoms with Gasteiger partial charge in [0.15, 0.2) is 0 Å². The molecule has 0 saturated heterocycles. The van der Waals surface area contributed by atoms with Gasteiger partial charge < -0.3 is 9.47 Å². The molecule has 0 fully saturated rings. The number of hydrogen-bond donors (Lipinski definition) is 0. The Balaban J connectivity index is 2.11. The van der Waals surface area contributed by atoms with Crippen molar-refractivity contribution < 1.29 is 22.7 Å². The molecule has 24 heavy (non-hydrogen) atoms. The second kappa shape index (κ2) is 6.54. The third kappa shape index (κ3) is 2.70. The number of nitrogens with zero attached hydrogens (tertiary/aromatic N) is 1. The predicted octanol–water partition coefficient (Wildman–Crippen LogP) is 2.22. The first-order valence-corrected chi connectivity index (χ1v) is 9.61. The van der Waals surface area contributed by atoms with Gasteiger partial charge in [0.25, 0.3) is 0 Å². The SMILES string of the molecule is COC(=O)C1c2ccsc2CCN1S(=O)(=O)c1ccccc1OC. The largest absolute Gasteiger partial charge is 0.495 e. The van der Waals surface area contributed by atoms with E-state index in [0.717, 1.165) is 4.88 Å². The molecule has 1 aliphatic heterocycles. The fourth-order valence-corrected chi connectivity index (χ4v) is 5.49. The van der Waals surface area contributed by atoms with Gasteiger partial charge in [0.1, 0.15) is 16.7 Å². The van der Waals surface area contributed by atoms with E-state index in [1.165, 1.54) is 35.9 Å². The number of benzene rings is 1. The molecule has 8 heteroatoms. The van der Waals surface area contributed by atoms with E-state index in [0.29, 0.717) is 12.0 Å². The molecule has 0 bridgehead atoms. The van der Waals surface area contributed by atoms with Gasteiger partial charge in [-0.05, 0) is 35.6 Å². The fourth-order valence-electron chi connectivity index (χ4n) is 2.87. The van der Waals surface area contributed by atoms with Crippen LogP contribution in [0.5, 0.6) is 5.75 Å². The predicted molar refractivity (Wildman–Crippen MR) is 89.7 cm³/mol. The number of ether oxygens (including phenoxy) is 2. The van der Waals surface area contributed by atoms with Crippen molar-refractivity contribution in [1.82, 2.24) is 4.31 Å². The van der Waals surface area contributed by atoms with Gasteiger partial charge in [0.05, 0.1) is 14.2 Å². The van der Waals surface area contributed by atoms with Crippen molar-refractivity contribution in [2.75, 3.05) is 20.8 Å². The molecular formula is C16H17NO5S2. The lowest BCUT2D eigenvalue weighted by Crippen LogP contribution is -2.43. The summed E-state index contributed by atoms with van der Waals surface area (Å²) < 4.78 is 37.6. The Morgan fingerprint density at radius 1 is 1.25 bits per heavy atom. The highest BCUT2D eigenvalue weighted by atomic mass is 32.2. The topological polar surface area (TPSA) is 72.9 Å². The van der Waals surface area contributed by atoms with Crippen LogP contribution in [0, 0.1) is 0 Å². The summed E-state index contributed by atoms with van der Waals surface area (Å²) in [7, 11) is -1.24. The first-order chi connectivity index (χ1) is 11.5. The lowest BCUT2D eigenvalue weighted by atomic mass is 10.0. The molecule has 1 aromatic heterocycles. The number of carbonyl (C=O) groups is 1. The molecule has 0 amide bonds. The number of hydrogen-bond acceptors (Lipinski definition) is 6. The van der Waals surface area contributed by atoms with E-state index in [1.807, 2.05) is 5.38 Å². The summed E-state index contributed by atoms with van der Waals surface area (Å²) in [5.74, 6) is -0.343. The molecule has 1 aromatic carbocycles. The Morgan fingerprint density at radius 2 is 2.00 bits per heavy atom. The summed E-state index contributed by atoms with van der Waals surface area (Å²) in [6.07, 6.45) is 0.564. The molecule has 1 atom stereocenters. The maximum atomic E-state index is 13.2. The summed E-state index contributed by atoms with van der Waals surface area (Å²) in [4.78, 5) is 13.4. The van der Waals surface area contributed by atoms with Crippen LogP contribution in [0.15, 0.2) is 40.6 Å². The lowest BCUT2D eigenvalue weighted by molar-refractivity contribution is -0.145. The van der Waals surface area contributed by atoms with E-state index in [1.54, 1.807) is 24.3 Å². The molecular weight excluding hydrogens is 350 g/mol. The monoisotopic (exact) mass is 367 g/mol. The molecule has 1 aliphatic rings. The van der Waals surface area contributed by atoms with Crippen LogP contribution in [0.3, 0.4) is 0 Å². The van der Waals surface area contributed by atoms with Crippen molar-refractivity contribution in [1.29, 1.82) is 0 Å². The standard InChI is InChI=1S/C16H17NO5S2/c1-21-12-5-3-4-6-14(12)24(19,20)17-9-7-13-11(8-10-23-13)15(17)16(18)22-2/h3-6,8,10,15H,7,9H2,1-2H3. The average molecular weight is 367 g/mol. The molecule has 128 valence electrons. The van der Waals surface area contributed by atoms with Crippen LogP contribution < -0.4 is 4.74 Å². The molecule has 0 spiro atoms. The van der Waals surface area contributed by atoms with Gasteiger partial charge in [-0.25, -0.2) is 13.2 Å². The molecule has 0 aliphatic carbocycles. The summed E-state index contributed by atoms with van der Waals surface area (Å²) >= 11 is 1.52. The Bertz CT molecular complexity index is 859. The minimum atomic E-state index is -3.92. The Morgan fingerprint density at radius 3 is 2.71 bits per heavy atom. The van der Waals surface area contributed by atoms with Crippen LogP contribution in [0.25, 0.3) is 0 Å². The molecule has 6 nitrogen and oxygen atoms in total. The van der Waals surface area contributed by atoms with E-state index >= 15 is 0 Å². The second-order valence-electron chi connectivity index (χ2n) is 5.24. The summed E-state index contributed by atoms with van der Waals surface area (Å²) in [5.41, 5.74) is 0.691. The zero-order valence-corrected chi connectivity index (χ0v) is 14.9. The highest BCUT2D eigenvalue weighted by Crippen LogP contribution is 2.39. The number of methoxy groups -OCH3 is 2. The van der Waals surface area contributed by atoms with E-state index in [4.69, 9.17) is 9.47 Å². The Hall–Kier alpha value is -1.90. The second-order valence-corrected chi connectivity index (χ2v) is 8.10. The zero-order chi connectivity index (χ0) is 17.3. The first kappa shape index (κ1) is 16.9. The fraction of sp³-hybridized carbons (Fsp3) is 0.312. The Kier molecular flexibility index (Phi) is 4.62. The number of fused-ring (bicyclic) bond motifs is 1. The Labute approximate surface area is 144 Å². The van der Waals surface area contributed by atoms with Gasteiger partial charge in [0.2, 0.25) is 10.0 Å². The molecule has 2 aromatic rings. The molecule has 3 rings (SSSR count). The van der Waals surface area contributed by atoms with E-state index in [2.05, 4.69) is 0 Å². The van der Waals surface area contributed by atoms with Crippen molar-refractivity contribution in [3.8, 4) is 5.75 Å². The van der Waals surface area contributed by atoms with E-state index < -0.39 is 22.0 Å². The summed E-state index contributed by atoms with van der Waals surface area (Å²) in [6, 6.07) is 7.20. The maximum absolute atomic E-state index is 13.2. The van der Waals surface area contributed by atoms with E-state index in [9.17, 15) is 13.2 Å². The number of thiophene rings is 1. The zero-order valence-electron chi connectivity index (χ0n) is 13.3. The number of rotatable bonds is 4. The highest BCUT2D eigenvalue weighted by molar-refractivity contribution is 7.89. The third-order valence-corrected chi connectivity index (χ3v) is 6.90. The van der Waals surface area contributed by atoms with E-state index in [-0.39, 0.29) is 17.2 Å². The van der Waals surface area contributed by atoms with Crippen molar-refractivity contribution >= 4 is 27.3 Å².